The number of amides is 2. The number of benzene rings is 1. The number of ether oxygens (including phenoxy) is 1. The van der Waals surface area contributed by atoms with Crippen LogP contribution in [0.1, 0.15) is 12.0 Å². The summed E-state index contributed by atoms with van der Waals surface area (Å²) in [6.45, 7) is 7.18. The fraction of sp³-hybridized carbons (Fsp3) is 0.474. The molecule has 1 atom stereocenters. The minimum Gasteiger partial charge on any atom is -0.370 e. The Bertz CT molecular complexity index is 746. The number of aryl methyl sites for hydroxylation is 1. The number of para-hydroxylation sites is 1. The van der Waals surface area contributed by atoms with E-state index >= 15 is 0 Å². The molecule has 0 radical (unpaired) electrons. The second-order valence-electron chi connectivity index (χ2n) is 6.75. The van der Waals surface area contributed by atoms with Crippen LogP contribution in [0.15, 0.2) is 29.3 Å². The molecule has 7 nitrogen and oxygen atoms in total. The van der Waals surface area contributed by atoms with Gasteiger partial charge in [-0.05, 0) is 30.8 Å². The number of anilines is 1. The number of hydrogen-bond acceptors (Lipinski definition) is 5. The van der Waals surface area contributed by atoms with Crippen LogP contribution in [-0.2, 0) is 14.3 Å². The normalized spacial score (nSPS) is 21.7. The van der Waals surface area contributed by atoms with Gasteiger partial charge in [0.25, 0.3) is 5.91 Å². The van der Waals surface area contributed by atoms with E-state index in [1.165, 1.54) is 16.0 Å². The average Bonchev–Trinajstić information content (AvgIpc) is 2.66. The molecular formula is C19H25N4O3S+. The maximum absolute atomic E-state index is 12.9. The molecule has 0 unspecified atom stereocenters. The predicted octanol–water partition coefficient (Wildman–Crippen LogP) is -0.265. The first-order chi connectivity index (χ1) is 13.1. The minimum absolute atomic E-state index is 0.111. The van der Waals surface area contributed by atoms with Gasteiger partial charge in [-0.25, -0.2) is 0 Å². The third-order valence-corrected chi connectivity index (χ3v) is 5.12. The molecule has 1 aromatic rings. The van der Waals surface area contributed by atoms with Crippen LogP contribution in [0.5, 0.6) is 0 Å². The average molecular weight is 390 g/mol. The number of quaternary nitrogens is 1. The Kier molecular flexibility index (Phi) is 6.65. The van der Waals surface area contributed by atoms with Crippen LogP contribution in [0.25, 0.3) is 0 Å². The molecule has 2 aliphatic rings. The lowest BCUT2D eigenvalue weighted by molar-refractivity contribution is -0.908. The molecule has 144 valence electrons. The molecule has 8 heteroatoms. The van der Waals surface area contributed by atoms with Gasteiger partial charge in [0.15, 0.2) is 11.0 Å². The summed E-state index contributed by atoms with van der Waals surface area (Å²) in [6.07, 6.45) is 2.37. The number of nitrogens with zero attached hydrogens (tertiary/aromatic N) is 2. The zero-order valence-corrected chi connectivity index (χ0v) is 16.3. The van der Waals surface area contributed by atoms with Gasteiger partial charge in [0.05, 0.1) is 25.4 Å². The van der Waals surface area contributed by atoms with E-state index in [1.807, 2.05) is 31.2 Å². The molecule has 3 rings (SSSR count). The summed E-state index contributed by atoms with van der Waals surface area (Å²) in [5.41, 5.74) is 1.59. The lowest BCUT2D eigenvalue weighted by Gasteiger charge is -2.31. The van der Waals surface area contributed by atoms with E-state index in [9.17, 15) is 9.59 Å². The highest BCUT2D eigenvalue weighted by molar-refractivity contribution is 7.80. The van der Waals surface area contributed by atoms with Gasteiger partial charge in [-0.2, -0.15) is 0 Å². The van der Waals surface area contributed by atoms with E-state index in [1.54, 1.807) is 0 Å². The summed E-state index contributed by atoms with van der Waals surface area (Å²) < 4.78 is 5.35. The van der Waals surface area contributed by atoms with Gasteiger partial charge in [-0.15, -0.1) is 0 Å². The summed E-state index contributed by atoms with van der Waals surface area (Å²) in [6, 6.07) is 7.45. The lowest BCUT2D eigenvalue weighted by Crippen LogP contribution is -3.14. The van der Waals surface area contributed by atoms with E-state index < -0.39 is 11.8 Å². The highest BCUT2D eigenvalue weighted by atomic mass is 32.1. The molecule has 2 fully saturated rings. The molecule has 2 amide bonds. The Labute approximate surface area is 164 Å². The first-order valence-electron chi connectivity index (χ1n) is 9.23. The van der Waals surface area contributed by atoms with Crippen LogP contribution < -0.4 is 15.1 Å². The van der Waals surface area contributed by atoms with Crippen molar-refractivity contribution in [1.29, 1.82) is 0 Å². The van der Waals surface area contributed by atoms with Crippen molar-refractivity contribution >= 4 is 41.0 Å². The monoisotopic (exact) mass is 389 g/mol. The Hall–Kier alpha value is -2.16. The van der Waals surface area contributed by atoms with Crippen molar-refractivity contribution in [3.05, 3.63) is 29.8 Å². The summed E-state index contributed by atoms with van der Waals surface area (Å²) in [4.78, 5) is 32.3. The summed E-state index contributed by atoms with van der Waals surface area (Å²) >= 11 is 5.22. The van der Waals surface area contributed by atoms with Crippen molar-refractivity contribution in [3.63, 3.8) is 0 Å². The van der Waals surface area contributed by atoms with Gasteiger partial charge >= 0.3 is 0 Å². The zero-order chi connectivity index (χ0) is 19.2. The Morgan fingerprint density at radius 2 is 2.07 bits per heavy atom. The Morgan fingerprint density at radius 3 is 2.81 bits per heavy atom. The van der Waals surface area contributed by atoms with Crippen molar-refractivity contribution in [1.82, 2.24) is 5.32 Å². The third-order valence-electron chi connectivity index (χ3n) is 4.83. The van der Waals surface area contributed by atoms with Crippen LogP contribution in [-0.4, -0.2) is 62.5 Å². The molecule has 0 aromatic heterocycles. The first kappa shape index (κ1) is 19.6. The molecule has 0 bridgehead atoms. The van der Waals surface area contributed by atoms with Crippen LogP contribution in [0.2, 0.25) is 0 Å². The molecular weight excluding hydrogens is 364 g/mol. The fourth-order valence-electron chi connectivity index (χ4n) is 3.27. The van der Waals surface area contributed by atoms with Gasteiger partial charge in [-0.3, -0.25) is 19.5 Å². The van der Waals surface area contributed by atoms with Gasteiger partial charge in [0.1, 0.15) is 13.1 Å². The van der Waals surface area contributed by atoms with Crippen molar-refractivity contribution in [3.8, 4) is 0 Å². The second kappa shape index (κ2) is 9.16. The highest BCUT2D eigenvalue weighted by Crippen LogP contribution is 2.23. The van der Waals surface area contributed by atoms with E-state index in [4.69, 9.17) is 17.0 Å². The quantitative estimate of drug-likeness (QED) is 0.304. The van der Waals surface area contributed by atoms with Gasteiger partial charge in [-0.1, -0.05) is 18.2 Å². The fourth-order valence-corrected chi connectivity index (χ4v) is 3.56. The summed E-state index contributed by atoms with van der Waals surface area (Å²) in [5, 5.41) is 2.73. The molecule has 27 heavy (non-hydrogen) atoms. The van der Waals surface area contributed by atoms with Crippen LogP contribution in [0.4, 0.5) is 5.69 Å². The highest BCUT2D eigenvalue weighted by Gasteiger charge is 2.38. The minimum atomic E-state index is -0.952. The van der Waals surface area contributed by atoms with Crippen molar-refractivity contribution in [2.45, 2.75) is 13.3 Å². The van der Waals surface area contributed by atoms with Crippen molar-refractivity contribution in [2.24, 2.45) is 10.9 Å². The van der Waals surface area contributed by atoms with Crippen LogP contribution in [0, 0.1) is 12.8 Å². The van der Waals surface area contributed by atoms with Crippen LogP contribution >= 0.6 is 12.2 Å². The smallest absolute Gasteiger partial charge is 0.251 e. The molecule has 2 N–H and O–H groups in total. The zero-order valence-electron chi connectivity index (χ0n) is 15.4. The van der Waals surface area contributed by atoms with Crippen molar-refractivity contribution in [2.75, 3.05) is 44.3 Å². The number of carbonyl (C=O) groups excluding carboxylic acids is 2. The second-order valence-corrected chi connectivity index (χ2v) is 7.14. The number of rotatable bonds is 6. The maximum atomic E-state index is 12.9. The lowest BCUT2D eigenvalue weighted by atomic mass is 10.0. The molecule has 1 aromatic carbocycles. The topological polar surface area (TPSA) is 75.4 Å². The maximum Gasteiger partial charge on any atom is 0.251 e. The van der Waals surface area contributed by atoms with Gasteiger partial charge < -0.3 is 15.0 Å². The number of hydrogen-bond donors (Lipinski definition) is 2. The Morgan fingerprint density at radius 1 is 1.33 bits per heavy atom. The van der Waals surface area contributed by atoms with Gasteiger partial charge in [0, 0.05) is 19.2 Å². The van der Waals surface area contributed by atoms with E-state index in [-0.39, 0.29) is 11.0 Å². The van der Waals surface area contributed by atoms with Crippen LogP contribution in [0.3, 0.4) is 0 Å². The molecule has 2 heterocycles. The van der Waals surface area contributed by atoms with Crippen molar-refractivity contribution < 1.29 is 19.2 Å². The SMILES string of the molecule is Cc1ccccc1N1C(=O)[C@H](C=NCCC[NH+]2CCOCC2)C(=O)NC1=S. The third kappa shape index (κ3) is 4.77. The molecule has 0 aliphatic carbocycles. The number of thiocarbonyl (C=S) groups is 1. The first-order valence-corrected chi connectivity index (χ1v) is 9.64. The van der Waals surface area contributed by atoms with E-state index in [0.717, 1.165) is 44.8 Å². The molecule has 2 saturated heterocycles. The largest absolute Gasteiger partial charge is 0.370 e. The predicted molar refractivity (Wildman–Crippen MR) is 107 cm³/mol. The molecule has 2 aliphatic heterocycles. The Balaban J connectivity index is 1.60. The molecule has 0 spiro atoms. The number of nitrogens with one attached hydrogen (secondary N) is 2. The number of aliphatic imine (C=N–C) groups is 1. The van der Waals surface area contributed by atoms with Gasteiger partial charge in [0.2, 0.25) is 5.91 Å². The standard InChI is InChI=1S/C19H24N4O3S/c1-14-5-2-3-6-16(14)23-18(25)15(17(24)21-19(23)27)13-20-7-4-8-22-9-11-26-12-10-22/h2-3,5-6,13,15H,4,7-12H2,1H3,(H,21,24,27)/p+1/t15-/m1/s1. The number of carbonyl (C=O) groups is 2. The summed E-state index contributed by atoms with van der Waals surface area (Å²) in [5.74, 6) is -1.73. The van der Waals surface area contributed by atoms with E-state index in [0.29, 0.717) is 12.2 Å². The van der Waals surface area contributed by atoms with E-state index in [2.05, 4.69) is 10.3 Å². The summed E-state index contributed by atoms with van der Waals surface area (Å²) in [7, 11) is 0. The number of morpholine rings is 1. The molecule has 0 saturated carbocycles.